The second-order valence-corrected chi connectivity index (χ2v) is 7.49. The van der Waals surface area contributed by atoms with E-state index in [9.17, 15) is 4.79 Å². The third kappa shape index (κ3) is 4.62. The highest BCUT2D eigenvalue weighted by Gasteiger charge is 2.29. The van der Waals surface area contributed by atoms with E-state index in [1.54, 1.807) is 0 Å². The number of rotatable bonds is 4. The fourth-order valence-electron chi connectivity index (χ4n) is 3.17. The Balaban J connectivity index is 1.92. The molecule has 0 radical (unpaired) electrons. The molecule has 0 saturated heterocycles. The van der Waals surface area contributed by atoms with E-state index in [2.05, 4.69) is 22.7 Å². The Morgan fingerprint density at radius 2 is 2.04 bits per heavy atom. The van der Waals surface area contributed by atoms with Crippen LogP contribution in [0.5, 0.6) is 0 Å². The Kier molecular flexibility index (Phi) is 5.22. The standard InChI is InChI=1S/C17H30N4O2/c1-11-15(12(2)21(6)20-11)19-14-9-7-8-13(14)10-18-16(22)23-17(3,4)5/h13-14,19H,7-10H2,1-6H3,(H,18,22). The maximum Gasteiger partial charge on any atom is 0.407 e. The van der Waals surface area contributed by atoms with Gasteiger partial charge in [0.2, 0.25) is 0 Å². The van der Waals surface area contributed by atoms with Crippen molar-refractivity contribution in [2.24, 2.45) is 13.0 Å². The van der Waals surface area contributed by atoms with Crippen LogP contribution in [0.4, 0.5) is 10.5 Å². The van der Waals surface area contributed by atoms with Gasteiger partial charge in [-0.2, -0.15) is 5.10 Å². The minimum absolute atomic E-state index is 0.336. The first kappa shape index (κ1) is 17.6. The highest BCUT2D eigenvalue weighted by atomic mass is 16.6. The van der Waals surface area contributed by atoms with Crippen LogP contribution in [0.3, 0.4) is 0 Å². The van der Waals surface area contributed by atoms with E-state index in [0.717, 1.165) is 29.9 Å². The Labute approximate surface area is 139 Å². The molecule has 2 N–H and O–H groups in total. The number of hydrogen-bond donors (Lipinski definition) is 2. The van der Waals surface area contributed by atoms with E-state index in [0.29, 0.717) is 18.5 Å². The van der Waals surface area contributed by atoms with Gasteiger partial charge in [-0.1, -0.05) is 6.42 Å². The van der Waals surface area contributed by atoms with Crippen LogP contribution in [-0.4, -0.2) is 34.1 Å². The molecule has 1 amide bonds. The molecule has 1 aliphatic rings. The number of aryl methyl sites for hydroxylation is 2. The molecule has 1 heterocycles. The number of nitrogens with one attached hydrogen (secondary N) is 2. The van der Waals surface area contributed by atoms with Crippen LogP contribution in [0, 0.1) is 19.8 Å². The highest BCUT2D eigenvalue weighted by molar-refractivity contribution is 5.67. The molecule has 130 valence electrons. The minimum Gasteiger partial charge on any atom is -0.444 e. The third-order valence-corrected chi connectivity index (χ3v) is 4.41. The molecule has 0 bridgehead atoms. The van der Waals surface area contributed by atoms with Crippen LogP contribution < -0.4 is 10.6 Å². The number of hydrogen-bond acceptors (Lipinski definition) is 4. The number of nitrogens with zero attached hydrogens (tertiary/aromatic N) is 2. The zero-order valence-electron chi connectivity index (χ0n) is 15.2. The summed E-state index contributed by atoms with van der Waals surface area (Å²) < 4.78 is 7.21. The summed E-state index contributed by atoms with van der Waals surface area (Å²) in [6.07, 6.45) is 3.08. The Hall–Kier alpha value is -1.72. The van der Waals surface area contributed by atoms with Gasteiger partial charge in [-0.05, 0) is 53.4 Å². The number of alkyl carbamates (subject to hydrolysis) is 1. The smallest absolute Gasteiger partial charge is 0.407 e. The summed E-state index contributed by atoms with van der Waals surface area (Å²) in [5, 5.41) is 11.0. The van der Waals surface area contributed by atoms with Crippen LogP contribution in [0.25, 0.3) is 0 Å². The second-order valence-electron chi connectivity index (χ2n) is 7.49. The average molecular weight is 322 g/mol. The van der Waals surface area contributed by atoms with Gasteiger partial charge in [0.05, 0.1) is 17.1 Å². The largest absolute Gasteiger partial charge is 0.444 e. The number of carbonyl (C=O) groups excluding carboxylic acids is 1. The zero-order chi connectivity index (χ0) is 17.2. The SMILES string of the molecule is Cc1nn(C)c(C)c1NC1CCCC1CNC(=O)OC(C)(C)C. The van der Waals surface area contributed by atoms with Crippen molar-refractivity contribution in [3.8, 4) is 0 Å². The quantitative estimate of drug-likeness (QED) is 0.893. The van der Waals surface area contributed by atoms with Crippen LogP contribution in [0.1, 0.15) is 51.4 Å². The van der Waals surface area contributed by atoms with Crippen LogP contribution in [0.2, 0.25) is 0 Å². The van der Waals surface area contributed by atoms with E-state index < -0.39 is 5.60 Å². The predicted octanol–water partition coefficient (Wildman–Crippen LogP) is 3.14. The second kappa shape index (κ2) is 6.81. The van der Waals surface area contributed by atoms with Crippen molar-refractivity contribution in [2.45, 2.75) is 65.5 Å². The molecule has 1 aromatic rings. The van der Waals surface area contributed by atoms with Gasteiger partial charge in [0.1, 0.15) is 5.60 Å². The normalized spacial score (nSPS) is 21.3. The van der Waals surface area contributed by atoms with Crippen molar-refractivity contribution in [3.63, 3.8) is 0 Å². The first-order valence-corrected chi connectivity index (χ1v) is 8.41. The van der Waals surface area contributed by atoms with Crippen LogP contribution in [-0.2, 0) is 11.8 Å². The first-order chi connectivity index (χ1) is 10.7. The Morgan fingerprint density at radius 3 is 2.61 bits per heavy atom. The molecule has 1 fully saturated rings. The fourth-order valence-corrected chi connectivity index (χ4v) is 3.17. The molecule has 0 spiro atoms. The summed E-state index contributed by atoms with van der Waals surface area (Å²) in [7, 11) is 1.96. The number of anilines is 1. The zero-order valence-corrected chi connectivity index (χ0v) is 15.2. The molecule has 0 aliphatic heterocycles. The minimum atomic E-state index is -0.457. The molecule has 1 aliphatic carbocycles. The van der Waals surface area contributed by atoms with Crippen molar-refractivity contribution >= 4 is 11.8 Å². The summed E-state index contributed by atoms with van der Waals surface area (Å²) in [6, 6.07) is 0.367. The first-order valence-electron chi connectivity index (χ1n) is 8.41. The lowest BCUT2D eigenvalue weighted by Crippen LogP contribution is -2.38. The lowest BCUT2D eigenvalue weighted by Gasteiger charge is -2.24. The molecular weight excluding hydrogens is 292 g/mol. The molecule has 2 unspecified atom stereocenters. The average Bonchev–Trinajstić information content (AvgIpc) is 2.95. The monoisotopic (exact) mass is 322 g/mol. The molecule has 0 aromatic carbocycles. The van der Waals surface area contributed by atoms with Gasteiger partial charge in [0, 0.05) is 19.6 Å². The van der Waals surface area contributed by atoms with Crippen molar-refractivity contribution in [1.29, 1.82) is 0 Å². The van der Waals surface area contributed by atoms with E-state index in [4.69, 9.17) is 4.74 Å². The molecule has 2 atom stereocenters. The number of ether oxygens (including phenoxy) is 1. The van der Waals surface area contributed by atoms with Gasteiger partial charge in [-0.25, -0.2) is 4.79 Å². The van der Waals surface area contributed by atoms with E-state index >= 15 is 0 Å². The summed E-state index contributed by atoms with van der Waals surface area (Å²) in [6.45, 7) is 10.4. The van der Waals surface area contributed by atoms with E-state index in [1.807, 2.05) is 39.4 Å². The third-order valence-electron chi connectivity index (χ3n) is 4.41. The van der Waals surface area contributed by atoms with Gasteiger partial charge in [0.15, 0.2) is 0 Å². The number of aromatic nitrogens is 2. The maximum absolute atomic E-state index is 11.8. The van der Waals surface area contributed by atoms with Gasteiger partial charge in [0.25, 0.3) is 0 Å². The molecule has 23 heavy (non-hydrogen) atoms. The Bertz CT molecular complexity index is 560. The van der Waals surface area contributed by atoms with Crippen molar-refractivity contribution in [2.75, 3.05) is 11.9 Å². The van der Waals surface area contributed by atoms with Crippen LogP contribution >= 0.6 is 0 Å². The summed E-state index contributed by atoms with van der Waals surface area (Å²) in [4.78, 5) is 11.8. The molecule has 6 heteroatoms. The number of amides is 1. The van der Waals surface area contributed by atoms with Gasteiger partial charge >= 0.3 is 6.09 Å². The lowest BCUT2D eigenvalue weighted by atomic mass is 10.0. The molecule has 1 aromatic heterocycles. The van der Waals surface area contributed by atoms with Gasteiger partial charge < -0.3 is 15.4 Å². The van der Waals surface area contributed by atoms with Crippen LogP contribution in [0.15, 0.2) is 0 Å². The van der Waals surface area contributed by atoms with Crippen molar-refractivity contribution in [3.05, 3.63) is 11.4 Å². The van der Waals surface area contributed by atoms with Gasteiger partial charge in [-0.15, -0.1) is 0 Å². The molecule has 2 rings (SSSR count). The van der Waals surface area contributed by atoms with Crippen molar-refractivity contribution in [1.82, 2.24) is 15.1 Å². The van der Waals surface area contributed by atoms with E-state index in [1.165, 1.54) is 6.42 Å². The number of carbonyl (C=O) groups is 1. The predicted molar refractivity (Wildman–Crippen MR) is 91.7 cm³/mol. The lowest BCUT2D eigenvalue weighted by molar-refractivity contribution is 0.0519. The topological polar surface area (TPSA) is 68.2 Å². The molecular formula is C17H30N4O2. The Morgan fingerprint density at radius 1 is 1.35 bits per heavy atom. The summed E-state index contributed by atoms with van der Waals surface area (Å²) in [5.41, 5.74) is 2.84. The summed E-state index contributed by atoms with van der Waals surface area (Å²) in [5.74, 6) is 0.418. The molecule has 6 nitrogen and oxygen atoms in total. The fraction of sp³-hybridized carbons (Fsp3) is 0.765. The summed E-state index contributed by atoms with van der Waals surface area (Å²) >= 11 is 0. The highest BCUT2D eigenvalue weighted by Crippen LogP contribution is 2.30. The van der Waals surface area contributed by atoms with Crippen molar-refractivity contribution < 1.29 is 9.53 Å². The maximum atomic E-state index is 11.8. The molecule has 1 saturated carbocycles. The van der Waals surface area contributed by atoms with E-state index in [-0.39, 0.29) is 6.09 Å². The van der Waals surface area contributed by atoms with Gasteiger partial charge in [-0.3, -0.25) is 4.68 Å².